The second-order valence-electron chi connectivity index (χ2n) is 13.0. The van der Waals surface area contributed by atoms with Crippen LogP contribution in [0.5, 0.6) is 0 Å². The van der Waals surface area contributed by atoms with Crippen LogP contribution in [0, 0.1) is 41.4 Å². The number of esters is 1. The van der Waals surface area contributed by atoms with Gasteiger partial charge in [-0.25, -0.2) is 4.79 Å². The molecule has 6 heteroatoms. The molecule has 0 aromatic carbocycles. The lowest BCUT2D eigenvalue weighted by Crippen LogP contribution is -2.36. The van der Waals surface area contributed by atoms with Crippen LogP contribution < -0.4 is 0 Å². The highest BCUT2D eigenvalue weighted by Crippen LogP contribution is 2.48. The topological polar surface area (TPSA) is 104 Å². The highest BCUT2D eigenvalue weighted by Gasteiger charge is 2.38. The fourth-order valence-electron chi connectivity index (χ4n) is 7.40. The van der Waals surface area contributed by atoms with Gasteiger partial charge in [0.15, 0.2) is 0 Å². The number of ether oxygens (including phenoxy) is 1. The van der Waals surface area contributed by atoms with Gasteiger partial charge in [-0.3, -0.25) is 4.79 Å². The fraction of sp³-hybridized carbons (Fsp3) is 0.824. The number of hydrogen-bond donors (Lipinski definition) is 3. The van der Waals surface area contributed by atoms with Crippen molar-refractivity contribution in [2.75, 3.05) is 26.4 Å². The van der Waals surface area contributed by atoms with Gasteiger partial charge < -0.3 is 20.1 Å². The number of fused-ring (bicyclic) bond motifs is 1. The maximum atomic E-state index is 11.8. The second-order valence-corrected chi connectivity index (χ2v) is 13.0. The lowest BCUT2D eigenvalue weighted by atomic mass is 9.62. The average molecular weight is 563 g/mol. The molecule has 3 fully saturated rings. The molecule has 3 aliphatic rings. The molecule has 0 aromatic rings. The SMILES string of the molecule is C=C(C=O)CO.C=C(CO)C(=O)OCC(CO)C1CCC2CC(CCC3CCC(CCCCC)CC3)CCC2C1. The van der Waals surface area contributed by atoms with Crippen molar-refractivity contribution in [1.82, 2.24) is 0 Å². The number of carbonyl (C=O) groups excluding carboxylic acids is 2. The van der Waals surface area contributed by atoms with Crippen LogP contribution in [0.3, 0.4) is 0 Å². The van der Waals surface area contributed by atoms with E-state index in [0.29, 0.717) is 12.2 Å². The minimum Gasteiger partial charge on any atom is -0.462 e. The highest BCUT2D eigenvalue weighted by atomic mass is 16.5. The molecule has 0 radical (unpaired) electrons. The molecule has 5 unspecified atom stereocenters. The van der Waals surface area contributed by atoms with Crippen LogP contribution in [0.1, 0.15) is 110 Å². The van der Waals surface area contributed by atoms with Gasteiger partial charge >= 0.3 is 5.97 Å². The number of aldehydes is 1. The molecule has 3 rings (SSSR count). The van der Waals surface area contributed by atoms with E-state index in [4.69, 9.17) is 14.9 Å². The number of hydrogen-bond acceptors (Lipinski definition) is 6. The monoisotopic (exact) mass is 562 g/mol. The van der Waals surface area contributed by atoms with Crippen molar-refractivity contribution in [3.05, 3.63) is 24.3 Å². The molecule has 6 nitrogen and oxygen atoms in total. The van der Waals surface area contributed by atoms with E-state index in [9.17, 15) is 14.7 Å². The molecule has 3 saturated carbocycles. The predicted molar refractivity (Wildman–Crippen MR) is 161 cm³/mol. The third-order valence-electron chi connectivity index (χ3n) is 10.1. The highest BCUT2D eigenvalue weighted by molar-refractivity contribution is 5.87. The molecule has 230 valence electrons. The normalized spacial score (nSPS) is 28.8. The first kappa shape index (κ1) is 34.7. The molecule has 0 saturated heterocycles. The average Bonchev–Trinajstić information content (AvgIpc) is 3.00. The van der Waals surface area contributed by atoms with E-state index in [1.807, 2.05) is 0 Å². The summed E-state index contributed by atoms with van der Waals surface area (Å²) in [6, 6.07) is 0. The minimum atomic E-state index is -0.542. The summed E-state index contributed by atoms with van der Waals surface area (Å²) < 4.78 is 5.32. The molecule has 5 atom stereocenters. The van der Waals surface area contributed by atoms with Gasteiger partial charge in [-0.15, -0.1) is 0 Å². The Morgan fingerprint density at radius 3 is 2.00 bits per heavy atom. The van der Waals surface area contributed by atoms with Gasteiger partial charge in [-0.05, 0) is 67.6 Å². The van der Waals surface area contributed by atoms with Gasteiger partial charge in [0.05, 0.1) is 25.4 Å². The Balaban J connectivity index is 0.000000840. The molecular weight excluding hydrogens is 504 g/mol. The van der Waals surface area contributed by atoms with Crippen LogP contribution >= 0.6 is 0 Å². The Kier molecular flexibility index (Phi) is 17.0. The van der Waals surface area contributed by atoms with Gasteiger partial charge in [0.2, 0.25) is 0 Å². The fourth-order valence-corrected chi connectivity index (χ4v) is 7.40. The summed E-state index contributed by atoms with van der Waals surface area (Å²) in [5, 5.41) is 27.0. The van der Waals surface area contributed by atoms with E-state index >= 15 is 0 Å². The summed E-state index contributed by atoms with van der Waals surface area (Å²) in [4.78, 5) is 21.3. The minimum absolute atomic E-state index is 0.00576. The number of aliphatic hydroxyl groups is 3. The first-order valence-electron chi connectivity index (χ1n) is 16.1. The first-order valence-corrected chi connectivity index (χ1v) is 16.1. The summed E-state index contributed by atoms with van der Waals surface area (Å²) in [6.07, 6.45) is 22.8. The molecule has 3 aliphatic carbocycles. The smallest absolute Gasteiger partial charge is 0.335 e. The Morgan fingerprint density at radius 1 is 0.825 bits per heavy atom. The Bertz CT molecular complexity index is 756. The van der Waals surface area contributed by atoms with Gasteiger partial charge in [0.25, 0.3) is 0 Å². The zero-order valence-corrected chi connectivity index (χ0v) is 25.2. The Morgan fingerprint density at radius 2 is 1.43 bits per heavy atom. The number of rotatable bonds is 15. The third kappa shape index (κ3) is 12.2. The van der Waals surface area contributed by atoms with E-state index < -0.39 is 5.97 Å². The Labute approximate surface area is 243 Å². The van der Waals surface area contributed by atoms with E-state index in [1.54, 1.807) is 0 Å². The largest absolute Gasteiger partial charge is 0.462 e. The van der Waals surface area contributed by atoms with Crippen LogP contribution in [0.25, 0.3) is 0 Å². The van der Waals surface area contributed by atoms with E-state index in [-0.39, 0.29) is 43.5 Å². The number of carbonyl (C=O) groups is 2. The van der Waals surface area contributed by atoms with E-state index in [0.717, 1.165) is 36.0 Å². The van der Waals surface area contributed by atoms with Crippen molar-refractivity contribution < 1.29 is 29.6 Å². The second kappa shape index (κ2) is 19.6. The van der Waals surface area contributed by atoms with Gasteiger partial charge in [0.1, 0.15) is 6.29 Å². The molecule has 0 spiro atoms. The van der Waals surface area contributed by atoms with Crippen LogP contribution in [0.15, 0.2) is 24.3 Å². The van der Waals surface area contributed by atoms with Crippen molar-refractivity contribution in [1.29, 1.82) is 0 Å². The molecule has 0 heterocycles. The Hall–Kier alpha value is -1.50. The van der Waals surface area contributed by atoms with Crippen LogP contribution in [-0.2, 0) is 14.3 Å². The molecule has 0 bridgehead atoms. The predicted octanol–water partition coefficient (Wildman–Crippen LogP) is 6.42. The first-order chi connectivity index (χ1) is 19.3. The third-order valence-corrected chi connectivity index (χ3v) is 10.1. The number of unbranched alkanes of at least 4 members (excludes halogenated alkanes) is 2. The van der Waals surface area contributed by atoms with Crippen molar-refractivity contribution in [2.45, 2.75) is 110 Å². The zero-order valence-electron chi connectivity index (χ0n) is 25.2. The van der Waals surface area contributed by atoms with Crippen molar-refractivity contribution in [2.24, 2.45) is 41.4 Å². The molecular formula is C34H58O6. The van der Waals surface area contributed by atoms with Crippen LogP contribution in [-0.4, -0.2) is 54.0 Å². The van der Waals surface area contributed by atoms with E-state index in [2.05, 4.69) is 20.1 Å². The molecule has 0 aliphatic heterocycles. The van der Waals surface area contributed by atoms with E-state index in [1.165, 1.54) is 96.3 Å². The standard InChI is InChI=1S/C30H52O4.C4H6O2/c1-3-4-5-6-23-7-9-24(10-8-23)11-12-25-13-14-27-18-28(16-15-26(27)17-25)29(20-32)21-34-30(33)22(2)19-31;1-4(2-5)3-6/h23-29,31-32H,2-21H2,1H3;2,6H,1,3H2. The summed E-state index contributed by atoms with van der Waals surface area (Å²) >= 11 is 0. The molecule has 3 N–H and O–H groups in total. The summed E-state index contributed by atoms with van der Waals surface area (Å²) in [6.45, 7) is 8.69. The summed E-state index contributed by atoms with van der Waals surface area (Å²) in [5.74, 6) is 4.49. The van der Waals surface area contributed by atoms with Crippen molar-refractivity contribution >= 4 is 12.3 Å². The molecule has 0 aromatic heterocycles. The quantitative estimate of drug-likeness (QED) is 0.0921. The van der Waals surface area contributed by atoms with Gasteiger partial charge in [0, 0.05) is 18.1 Å². The van der Waals surface area contributed by atoms with Crippen LogP contribution in [0.4, 0.5) is 0 Å². The number of aliphatic hydroxyl groups excluding tert-OH is 3. The maximum absolute atomic E-state index is 11.8. The van der Waals surface area contributed by atoms with Gasteiger partial charge in [-0.2, -0.15) is 0 Å². The van der Waals surface area contributed by atoms with Crippen molar-refractivity contribution in [3.63, 3.8) is 0 Å². The molecule has 40 heavy (non-hydrogen) atoms. The van der Waals surface area contributed by atoms with Gasteiger partial charge in [-0.1, -0.05) is 90.7 Å². The lowest BCUT2D eigenvalue weighted by molar-refractivity contribution is -0.142. The van der Waals surface area contributed by atoms with Crippen molar-refractivity contribution in [3.8, 4) is 0 Å². The summed E-state index contributed by atoms with van der Waals surface area (Å²) in [5.41, 5.74) is 0.300. The lowest BCUT2D eigenvalue weighted by Gasteiger charge is -2.44. The summed E-state index contributed by atoms with van der Waals surface area (Å²) in [7, 11) is 0. The molecule has 0 amide bonds. The van der Waals surface area contributed by atoms with Crippen LogP contribution in [0.2, 0.25) is 0 Å². The maximum Gasteiger partial charge on any atom is 0.335 e. The zero-order chi connectivity index (χ0) is 29.3.